The molecule has 5 heteroatoms. The van der Waals surface area contributed by atoms with Crippen molar-refractivity contribution in [3.63, 3.8) is 0 Å². The third-order valence-corrected chi connectivity index (χ3v) is 4.93. The van der Waals surface area contributed by atoms with Crippen molar-refractivity contribution in [1.29, 1.82) is 0 Å². The average Bonchev–Trinajstić information content (AvgIpc) is 2.40. The van der Waals surface area contributed by atoms with E-state index in [1.165, 1.54) is 0 Å². The van der Waals surface area contributed by atoms with Gasteiger partial charge in [0.05, 0.1) is 5.75 Å². The fraction of sp³-hybridized carbons (Fsp3) is 1.00. The standard InChI is InChI=1S/C10H22N2O2S/c1-10-4-2-7-12(8-5-10)15(13,14)9-3-6-11/h10H,2-9,11H2,1H3. The maximum atomic E-state index is 11.9. The molecular weight excluding hydrogens is 212 g/mol. The molecular formula is C10H22N2O2S. The van der Waals surface area contributed by atoms with Gasteiger partial charge in [-0.1, -0.05) is 6.92 Å². The van der Waals surface area contributed by atoms with Crippen LogP contribution in [0, 0.1) is 5.92 Å². The normalized spacial score (nSPS) is 25.1. The van der Waals surface area contributed by atoms with Crippen molar-refractivity contribution in [2.75, 3.05) is 25.4 Å². The molecule has 0 saturated carbocycles. The topological polar surface area (TPSA) is 63.4 Å². The Hall–Kier alpha value is -0.130. The lowest BCUT2D eigenvalue weighted by Gasteiger charge is -2.19. The lowest BCUT2D eigenvalue weighted by molar-refractivity contribution is 0.416. The molecule has 15 heavy (non-hydrogen) atoms. The Morgan fingerprint density at radius 3 is 2.73 bits per heavy atom. The summed E-state index contributed by atoms with van der Waals surface area (Å²) in [5, 5.41) is 0. The zero-order chi connectivity index (χ0) is 11.3. The van der Waals surface area contributed by atoms with Gasteiger partial charge in [-0.3, -0.25) is 0 Å². The van der Waals surface area contributed by atoms with Crippen molar-refractivity contribution < 1.29 is 8.42 Å². The molecule has 1 atom stereocenters. The molecule has 90 valence electrons. The minimum Gasteiger partial charge on any atom is -0.330 e. The Bertz CT molecular complexity index is 277. The van der Waals surface area contributed by atoms with Crippen LogP contribution in [-0.2, 0) is 10.0 Å². The first-order chi connectivity index (χ1) is 7.06. The molecule has 1 saturated heterocycles. The van der Waals surface area contributed by atoms with Crippen LogP contribution in [0.1, 0.15) is 32.6 Å². The van der Waals surface area contributed by atoms with Gasteiger partial charge in [0.2, 0.25) is 10.0 Å². The second-order valence-corrected chi connectivity index (χ2v) is 6.48. The number of rotatable bonds is 4. The second kappa shape index (κ2) is 5.82. The highest BCUT2D eigenvalue weighted by Crippen LogP contribution is 2.18. The molecule has 1 aliphatic heterocycles. The maximum Gasteiger partial charge on any atom is 0.214 e. The van der Waals surface area contributed by atoms with Gasteiger partial charge >= 0.3 is 0 Å². The van der Waals surface area contributed by atoms with E-state index in [9.17, 15) is 8.42 Å². The van der Waals surface area contributed by atoms with Crippen molar-refractivity contribution in [1.82, 2.24) is 4.31 Å². The summed E-state index contributed by atoms with van der Waals surface area (Å²) in [7, 11) is -3.04. The molecule has 4 nitrogen and oxygen atoms in total. The smallest absolute Gasteiger partial charge is 0.214 e. The van der Waals surface area contributed by atoms with Crippen molar-refractivity contribution in [2.24, 2.45) is 11.7 Å². The maximum absolute atomic E-state index is 11.9. The van der Waals surface area contributed by atoms with Crippen LogP contribution in [0.3, 0.4) is 0 Å². The fourth-order valence-electron chi connectivity index (χ4n) is 1.91. The second-order valence-electron chi connectivity index (χ2n) is 4.39. The minimum atomic E-state index is -3.04. The van der Waals surface area contributed by atoms with Crippen LogP contribution in [0.25, 0.3) is 0 Å². The van der Waals surface area contributed by atoms with Crippen LogP contribution in [-0.4, -0.2) is 38.1 Å². The van der Waals surface area contributed by atoms with Crippen LogP contribution in [0.15, 0.2) is 0 Å². The summed E-state index contributed by atoms with van der Waals surface area (Å²) in [6, 6.07) is 0. The van der Waals surface area contributed by atoms with E-state index in [2.05, 4.69) is 6.92 Å². The van der Waals surface area contributed by atoms with Gasteiger partial charge in [-0.15, -0.1) is 0 Å². The van der Waals surface area contributed by atoms with Crippen LogP contribution in [0.2, 0.25) is 0 Å². The van der Waals surface area contributed by atoms with E-state index in [0.29, 0.717) is 32.0 Å². The first kappa shape index (κ1) is 12.9. The Morgan fingerprint density at radius 1 is 1.33 bits per heavy atom. The predicted molar refractivity (Wildman–Crippen MR) is 62.0 cm³/mol. The molecule has 0 aromatic rings. The Labute approximate surface area is 92.9 Å². The van der Waals surface area contributed by atoms with Crippen molar-refractivity contribution in [3.8, 4) is 0 Å². The zero-order valence-corrected chi connectivity index (χ0v) is 10.3. The number of hydrogen-bond donors (Lipinski definition) is 1. The van der Waals surface area contributed by atoms with Crippen LogP contribution in [0.4, 0.5) is 0 Å². The molecule has 0 spiro atoms. The van der Waals surface area contributed by atoms with E-state index >= 15 is 0 Å². The summed E-state index contributed by atoms with van der Waals surface area (Å²) in [5.41, 5.74) is 5.34. The molecule has 1 rings (SSSR count). The Morgan fingerprint density at radius 2 is 2.07 bits per heavy atom. The first-order valence-electron chi connectivity index (χ1n) is 5.74. The first-order valence-corrected chi connectivity index (χ1v) is 7.35. The highest BCUT2D eigenvalue weighted by molar-refractivity contribution is 7.89. The molecule has 0 aliphatic carbocycles. The fourth-order valence-corrected chi connectivity index (χ4v) is 3.49. The van der Waals surface area contributed by atoms with Gasteiger partial charge in [0.15, 0.2) is 0 Å². The lowest BCUT2D eigenvalue weighted by atomic mass is 10.0. The summed E-state index contributed by atoms with van der Waals surface area (Å²) in [5.74, 6) is 0.859. The third-order valence-electron chi connectivity index (χ3n) is 2.98. The van der Waals surface area contributed by atoms with Crippen molar-refractivity contribution in [2.45, 2.75) is 32.6 Å². The zero-order valence-electron chi connectivity index (χ0n) is 9.48. The predicted octanol–water partition coefficient (Wildman–Crippen LogP) is 0.787. The molecule has 0 aromatic heterocycles. The molecule has 1 unspecified atom stereocenters. The Balaban J connectivity index is 2.54. The van der Waals surface area contributed by atoms with Gasteiger partial charge in [0.1, 0.15) is 0 Å². The third kappa shape index (κ3) is 4.09. The van der Waals surface area contributed by atoms with Gasteiger partial charge in [-0.05, 0) is 38.1 Å². The molecule has 1 heterocycles. The summed E-state index contributed by atoms with van der Waals surface area (Å²) >= 11 is 0. The van der Waals surface area contributed by atoms with Gasteiger partial charge in [-0.2, -0.15) is 0 Å². The van der Waals surface area contributed by atoms with Gasteiger partial charge < -0.3 is 5.73 Å². The number of nitrogens with two attached hydrogens (primary N) is 1. The summed E-state index contributed by atoms with van der Waals surface area (Å²) in [6.07, 6.45) is 3.68. The number of hydrogen-bond acceptors (Lipinski definition) is 3. The van der Waals surface area contributed by atoms with Crippen molar-refractivity contribution >= 4 is 10.0 Å². The lowest BCUT2D eigenvalue weighted by Crippen LogP contribution is -2.34. The largest absolute Gasteiger partial charge is 0.330 e. The van der Waals surface area contributed by atoms with E-state index in [1.54, 1.807) is 4.31 Å². The van der Waals surface area contributed by atoms with E-state index < -0.39 is 10.0 Å². The SMILES string of the molecule is CC1CCCN(S(=O)(=O)CCCN)CC1. The average molecular weight is 234 g/mol. The Kier molecular flexibility index (Phi) is 5.02. The summed E-state index contributed by atoms with van der Waals surface area (Å²) < 4.78 is 25.4. The molecule has 1 aliphatic rings. The van der Waals surface area contributed by atoms with E-state index in [0.717, 1.165) is 19.3 Å². The molecule has 0 aromatic carbocycles. The number of nitrogens with zero attached hydrogens (tertiary/aromatic N) is 1. The molecule has 0 bridgehead atoms. The van der Waals surface area contributed by atoms with Gasteiger partial charge in [0.25, 0.3) is 0 Å². The highest BCUT2D eigenvalue weighted by Gasteiger charge is 2.23. The quantitative estimate of drug-likeness (QED) is 0.782. The van der Waals surface area contributed by atoms with E-state index in [-0.39, 0.29) is 5.75 Å². The van der Waals surface area contributed by atoms with E-state index in [4.69, 9.17) is 5.73 Å². The molecule has 0 radical (unpaired) electrons. The minimum absolute atomic E-state index is 0.206. The number of sulfonamides is 1. The molecule has 1 fully saturated rings. The monoisotopic (exact) mass is 234 g/mol. The summed E-state index contributed by atoms with van der Waals surface area (Å²) in [4.78, 5) is 0. The van der Waals surface area contributed by atoms with E-state index in [1.807, 2.05) is 0 Å². The molecule has 0 amide bonds. The van der Waals surface area contributed by atoms with Crippen LogP contribution < -0.4 is 5.73 Å². The molecule has 2 N–H and O–H groups in total. The van der Waals surface area contributed by atoms with Crippen molar-refractivity contribution in [3.05, 3.63) is 0 Å². The summed E-state index contributed by atoms with van der Waals surface area (Å²) in [6.45, 7) is 4.02. The van der Waals surface area contributed by atoms with Gasteiger partial charge in [-0.25, -0.2) is 12.7 Å². The highest BCUT2D eigenvalue weighted by atomic mass is 32.2. The van der Waals surface area contributed by atoms with Crippen LogP contribution >= 0.6 is 0 Å². The van der Waals surface area contributed by atoms with Gasteiger partial charge in [0, 0.05) is 13.1 Å². The van der Waals surface area contributed by atoms with Crippen LogP contribution in [0.5, 0.6) is 0 Å².